The Morgan fingerprint density at radius 1 is 0.919 bits per heavy atom. The number of halogens is 3. The van der Waals surface area contributed by atoms with E-state index in [1.165, 1.54) is 18.2 Å². The van der Waals surface area contributed by atoms with Crippen molar-refractivity contribution in [3.05, 3.63) is 102 Å². The SMILES string of the molecule is CC(Oc1cc(-c2nn(C)c3c(-c4cnn(C5CCN(C)CC5)c4)cnc(N)c23)ccc1NS(=O)C(F)F)c1ccc(F)cc1.O=CCCC1CCN(c2cccc3c2C(=O)N(C2CCC(=O)NC2=O)C3=O)CC1. The minimum atomic E-state index is -3.11. The molecule has 4 amide bonds. The molecule has 0 radical (unpaired) electrons. The number of piperidine rings is 3. The number of anilines is 3. The molecule has 7 heterocycles. The Labute approximate surface area is 427 Å². The van der Waals surface area contributed by atoms with E-state index in [2.05, 4.69) is 37.0 Å². The molecule has 0 bridgehead atoms. The molecule has 0 aliphatic carbocycles. The van der Waals surface area contributed by atoms with Crippen LogP contribution < -0.4 is 25.4 Å². The van der Waals surface area contributed by atoms with Gasteiger partial charge in [-0.25, -0.2) is 13.6 Å². The summed E-state index contributed by atoms with van der Waals surface area (Å²) in [5.74, 6) is -4.55. The first-order valence-electron chi connectivity index (χ1n) is 24.5. The number of ether oxygens (including phenoxy) is 1. The number of nitrogens with two attached hydrogens (primary N) is 1. The fourth-order valence-corrected chi connectivity index (χ4v) is 10.7. The highest BCUT2D eigenvalue weighted by atomic mass is 32.2. The number of aldehydes is 1. The van der Waals surface area contributed by atoms with E-state index in [0.717, 1.165) is 86.1 Å². The number of pyridine rings is 1. The third-order valence-electron chi connectivity index (χ3n) is 14.2. The number of benzene rings is 3. The van der Waals surface area contributed by atoms with Crippen LogP contribution in [0.25, 0.3) is 33.3 Å². The highest BCUT2D eigenvalue weighted by molar-refractivity contribution is 7.86. The Morgan fingerprint density at radius 2 is 1.66 bits per heavy atom. The molecule has 4 aliphatic rings. The second-order valence-electron chi connectivity index (χ2n) is 19.0. The number of hydrogen-bond acceptors (Lipinski definition) is 13. The molecule has 4 aliphatic heterocycles. The lowest BCUT2D eigenvalue weighted by atomic mass is 9.91. The normalized spacial score (nSPS) is 18.6. The van der Waals surface area contributed by atoms with E-state index in [9.17, 15) is 41.4 Å². The molecule has 6 aromatic rings. The van der Waals surface area contributed by atoms with Crippen molar-refractivity contribution in [2.24, 2.45) is 13.0 Å². The summed E-state index contributed by atoms with van der Waals surface area (Å²) >= 11 is 0. The van der Waals surface area contributed by atoms with Gasteiger partial charge in [-0.15, -0.1) is 0 Å². The van der Waals surface area contributed by atoms with Crippen LogP contribution in [0.1, 0.15) is 96.7 Å². The number of nitrogen functional groups attached to an aromatic ring is 1. The lowest BCUT2D eigenvalue weighted by molar-refractivity contribution is -0.136. The minimum Gasteiger partial charge on any atom is -0.484 e. The van der Waals surface area contributed by atoms with Crippen LogP contribution in [0.4, 0.5) is 30.4 Å². The molecule has 3 fully saturated rings. The Balaban J connectivity index is 0.000000200. The smallest absolute Gasteiger partial charge is 0.330 e. The zero-order chi connectivity index (χ0) is 52.4. The number of fused-ring (bicyclic) bond motifs is 2. The maximum Gasteiger partial charge on any atom is 0.330 e. The van der Waals surface area contributed by atoms with E-state index in [4.69, 9.17) is 15.6 Å². The number of amides is 4. The molecule has 4 N–H and O–H groups in total. The van der Waals surface area contributed by atoms with Crippen LogP contribution in [0, 0.1) is 11.7 Å². The number of likely N-dealkylation sites (tertiary alicyclic amines) is 1. The van der Waals surface area contributed by atoms with E-state index in [1.54, 1.807) is 54.2 Å². The summed E-state index contributed by atoms with van der Waals surface area (Å²) in [5, 5.41) is 12.3. The van der Waals surface area contributed by atoms with Gasteiger partial charge >= 0.3 is 5.76 Å². The molecule has 3 aromatic carbocycles. The fourth-order valence-electron chi connectivity index (χ4n) is 10.2. The predicted octanol–water partition coefficient (Wildman–Crippen LogP) is 7.21. The van der Waals surface area contributed by atoms with Crippen molar-refractivity contribution < 1.29 is 46.1 Å². The average molecular weight is 1040 g/mol. The van der Waals surface area contributed by atoms with Gasteiger partial charge in [0.25, 0.3) is 11.8 Å². The van der Waals surface area contributed by atoms with Gasteiger partial charge in [0.15, 0.2) is 11.0 Å². The molecule has 18 nitrogen and oxygen atoms in total. The summed E-state index contributed by atoms with van der Waals surface area (Å²) in [5.41, 5.74) is 12.1. The number of nitrogens with one attached hydrogen (secondary N) is 2. The van der Waals surface area contributed by atoms with Crippen molar-refractivity contribution in [1.82, 2.24) is 39.7 Å². The zero-order valence-electron chi connectivity index (χ0n) is 41.0. The molecule has 3 atom stereocenters. The maximum atomic E-state index is 13.5. The molecule has 3 saturated heterocycles. The molecule has 10 rings (SSSR count). The fraction of sp³-hybridized carbons (Fsp3) is 0.385. The van der Waals surface area contributed by atoms with Gasteiger partial charge in [0.1, 0.15) is 41.5 Å². The Hall–Kier alpha value is -7.46. The van der Waals surface area contributed by atoms with Crippen molar-refractivity contribution >= 4 is 69.0 Å². The standard InChI is InChI=1S/C31H33F3N8O2S.C21H23N3O5/c1-18(19-4-7-22(32)8-5-19)44-26-14-20(6-9-25(26)39-45(43)31(33)34)28-27-29(41(3)38-28)24(16-36-30(27)35)21-15-37-42(17-21)23-10-12-40(2)13-11-23;25-12-2-3-13-8-10-23(11-9-13)15-5-1-4-14-18(15)21(29)24(20(14)28)16-6-7-17(26)22-19(16)27/h4-9,14-18,23,31,39H,10-13H2,1-3H3,(H2,35,36);1,4-5,12-13,16H,2-3,6-11H2,(H,22,26,27). The monoisotopic (exact) mass is 1040 g/mol. The second kappa shape index (κ2) is 21.9. The predicted molar refractivity (Wildman–Crippen MR) is 272 cm³/mol. The molecule has 0 saturated carbocycles. The number of aromatic nitrogens is 5. The summed E-state index contributed by atoms with van der Waals surface area (Å²) in [6, 6.07) is 15.1. The third kappa shape index (κ3) is 10.6. The van der Waals surface area contributed by atoms with E-state index < -0.39 is 52.4 Å². The van der Waals surface area contributed by atoms with E-state index in [-0.39, 0.29) is 36.0 Å². The van der Waals surface area contributed by atoms with Gasteiger partial charge in [0.2, 0.25) is 11.8 Å². The van der Waals surface area contributed by atoms with Crippen molar-refractivity contribution in [1.29, 1.82) is 0 Å². The zero-order valence-corrected chi connectivity index (χ0v) is 41.8. The van der Waals surface area contributed by atoms with Crippen LogP contribution in [0.5, 0.6) is 5.75 Å². The van der Waals surface area contributed by atoms with Crippen molar-refractivity contribution in [3.8, 4) is 28.1 Å². The maximum absolute atomic E-state index is 13.5. The second-order valence-corrected chi connectivity index (χ2v) is 20.2. The first-order chi connectivity index (χ1) is 35.6. The van der Waals surface area contributed by atoms with Gasteiger partial charge in [-0.3, -0.25) is 43.5 Å². The minimum absolute atomic E-state index is 0.0969. The highest BCUT2D eigenvalue weighted by Gasteiger charge is 2.46. The van der Waals surface area contributed by atoms with Gasteiger partial charge in [-0.05, 0) is 113 Å². The summed E-state index contributed by atoms with van der Waals surface area (Å²) in [6.45, 7) is 5.27. The Bertz CT molecular complexity index is 3130. The summed E-state index contributed by atoms with van der Waals surface area (Å²) in [7, 11) is 1.27. The number of aryl methyl sites for hydroxylation is 1. The van der Waals surface area contributed by atoms with Crippen LogP contribution >= 0.6 is 0 Å². The summed E-state index contributed by atoms with van der Waals surface area (Å²) in [6.07, 6.45) is 11.5. The topological polar surface area (TPSA) is 220 Å². The molecule has 3 aromatic heterocycles. The summed E-state index contributed by atoms with van der Waals surface area (Å²) < 4.78 is 64.2. The van der Waals surface area contributed by atoms with Gasteiger partial charge in [-0.2, -0.15) is 19.0 Å². The number of nitrogens with zero attached hydrogens (tertiary/aromatic N) is 8. The van der Waals surface area contributed by atoms with Gasteiger partial charge in [0.05, 0.1) is 45.6 Å². The average Bonchev–Trinajstić information content (AvgIpc) is 4.09. The molecule has 22 heteroatoms. The number of imide groups is 2. The third-order valence-corrected chi connectivity index (χ3v) is 15.0. The largest absolute Gasteiger partial charge is 0.484 e. The van der Waals surface area contributed by atoms with Gasteiger partial charge < -0.3 is 25.1 Å². The first-order valence-corrected chi connectivity index (χ1v) is 25.7. The number of carbonyl (C=O) groups is 5. The van der Waals surface area contributed by atoms with Gasteiger partial charge in [-0.1, -0.05) is 24.3 Å². The van der Waals surface area contributed by atoms with Crippen LogP contribution in [0.3, 0.4) is 0 Å². The molecular formula is C52H56F3N11O7S. The lowest BCUT2D eigenvalue weighted by Gasteiger charge is -2.34. The van der Waals surface area contributed by atoms with Crippen LogP contribution in [0.2, 0.25) is 0 Å². The highest BCUT2D eigenvalue weighted by Crippen LogP contribution is 2.41. The van der Waals surface area contributed by atoms with Gasteiger partial charge in [0, 0.05) is 62.1 Å². The van der Waals surface area contributed by atoms with Crippen LogP contribution in [-0.2, 0) is 32.4 Å². The van der Waals surface area contributed by atoms with Crippen molar-refractivity contribution in [2.75, 3.05) is 48.6 Å². The molecule has 74 heavy (non-hydrogen) atoms. The van der Waals surface area contributed by atoms with E-state index in [0.29, 0.717) is 57.4 Å². The van der Waals surface area contributed by atoms with Crippen LogP contribution in [0.15, 0.2) is 79.3 Å². The number of rotatable bonds is 14. The summed E-state index contributed by atoms with van der Waals surface area (Å²) in [4.78, 5) is 70.3. The lowest BCUT2D eigenvalue weighted by Crippen LogP contribution is -2.54. The Morgan fingerprint density at radius 3 is 2.36 bits per heavy atom. The van der Waals surface area contributed by atoms with E-state index >= 15 is 0 Å². The number of hydrogen-bond donors (Lipinski definition) is 3. The number of carbonyl (C=O) groups excluding carboxylic acids is 5. The van der Waals surface area contributed by atoms with Crippen molar-refractivity contribution in [2.45, 2.75) is 82.2 Å². The Kier molecular flexibility index (Phi) is 15.3. The van der Waals surface area contributed by atoms with Crippen molar-refractivity contribution in [3.63, 3.8) is 0 Å². The van der Waals surface area contributed by atoms with E-state index in [1.807, 2.05) is 30.2 Å². The number of alkyl halides is 2. The molecular weight excluding hydrogens is 980 g/mol. The quantitative estimate of drug-likeness (QED) is 0.0727. The van der Waals surface area contributed by atoms with Crippen LogP contribution in [-0.4, -0.2) is 113 Å². The first kappa shape index (κ1) is 51.4. The molecule has 388 valence electrons. The molecule has 3 unspecified atom stereocenters. The molecule has 0 spiro atoms.